The molecule has 0 saturated heterocycles. The topological polar surface area (TPSA) is 77.5 Å². The molecule has 1 aromatic heterocycles. The Morgan fingerprint density at radius 3 is 2.38 bits per heavy atom. The Labute approximate surface area is 118 Å². The van der Waals surface area contributed by atoms with Crippen LogP contribution in [0.5, 0.6) is 0 Å². The van der Waals surface area contributed by atoms with Crippen LogP contribution in [0.25, 0.3) is 0 Å². The van der Waals surface area contributed by atoms with E-state index in [1.165, 1.54) is 36.2 Å². The maximum Gasteiger partial charge on any atom is 0.442 e. The largest absolute Gasteiger partial charge is 0.442 e. The van der Waals surface area contributed by atoms with E-state index in [0.29, 0.717) is 21.4 Å². The summed E-state index contributed by atoms with van der Waals surface area (Å²) in [5.74, 6) is -1.37. The first-order chi connectivity index (χ1) is 9.95. The molecule has 21 heavy (non-hydrogen) atoms. The Kier molecular flexibility index (Phi) is 4.06. The maximum atomic E-state index is 13.0. The fraction of sp³-hybridized carbons (Fsp3) is 0.308. The minimum absolute atomic E-state index is 0.287. The number of anilines is 1. The lowest BCUT2D eigenvalue weighted by Crippen LogP contribution is -2.40. The van der Waals surface area contributed by atoms with Crippen molar-refractivity contribution in [3.8, 4) is 0 Å². The lowest BCUT2D eigenvalue weighted by atomic mass is 10.2. The van der Waals surface area contributed by atoms with E-state index in [2.05, 4.69) is 4.52 Å². The molecule has 0 aliphatic rings. The van der Waals surface area contributed by atoms with Crippen molar-refractivity contribution in [3.05, 3.63) is 51.1 Å². The molecule has 0 saturated carbocycles. The number of carbonyl (C=O) groups excluding carboxylic acids is 1. The number of benzene rings is 1. The highest BCUT2D eigenvalue weighted by Gasteiger charge is 2.23. The molecule has 0 atom stereocenters. The van der Waals surface area contributed by atoms with Crippen molar-refractivity contribution in [1.82, 2.24) is 9.31 Å². The van der Waals surface area contributed by atoms with Crippen LogP contribution in [0.3, 0.4) is 0 Å². The van der Waals surface area contributed by atoms with Crippen molar-refractivity contribution in [1.29, 1.82) is 0 Å². The van der Waals surface area contributed by atoms with Crippen LogP contribution in [0.2, 0.25) is 0 Å². The first kappa shape index (κ1) is 14.8. The standard InChI is InChI=1S/C13H14FN3O4/c1-3-8-16(10-6-4-9(14)5-7-10)12(19)17-11(18)15(2)13(20)21-17/h4-7H,3,8H2,1-2H3. The Bertz CT molecular complexity index is 757. The fourth-order valence-corrected chi connectivity index (χ4v) is 1.80. The van der Waals surface area contributed by atoms with Crippen LogP contribution in [0.15, 0.2) is 38.4 Å². The zero-order chi connectivity index (χ0) is 15.6. The van der Waals surface area contributed by atoms with Crippen molar-refractivity contribution in [2.75, 3.05) is 11.4 Å². The van der Waals surface area contributed by atoms with Crippen LogP contribution in [-0.4, -0.2) is 21.9 Å². The maximum absolute atomic E-state index is 13.0. The number of hydrogen-bond acceptors (Lipinski definition) is 4. The molecular weight excluding hydrogens is 281 g/mol. The number of aromatic nitrogens is 2. The van der Waals surface area contributed by atoms with Gasteiger partial charge < -0.3 is 4.52 Å². The Morgan fingerprint density at radius 2 is 1.90 bits per heavy atom. The molecule has 1 amide bonds. The van der Waals surface area contributed by atoms with Crippen LogP contribution in [0.4, 0.5) is 14.9 Å². The second-order valence-electron chi connectivity index (χ2n) is 4.40. The number of nitrogens with zero attached hydrogens (tertiary/aromatic N) is 3. The lowest BCUT2D eigenvalue weighted by Gasteiger charge is -2.20. The molecule has 0 N–H and O–H groups in total. The third-order valence-electron chi connectivity index (χ3n) is 2.89. The Hall–Kier alpha value is -2.64. The fourth-order valence-electron chi connectivity index (χ4n) is 1.80. The molecule has 0 aliphatic heterocycles. The van der Waals surface area contributed by atoms with Gasteiger partial charge in [0, 0.05) is 19.3 Å². The lowest BCUT2D eigenvalue weighted by molar-refractivity contribution is 0.210. The summed E-state index contributed by atoms with van der Waals surface area (Å²) in [5, 5.41) is 0. The van der Waals surface area contributed by atoms with E-state index in [0.717, 1.165) is 0 Å². The van der Waals surface area contributed by atoms with E-state index in [-0.39, 0.29) is 6.54 Å². The van der Waals surface area contributed by atoms with Gasteiger partial charge in [0.05, 0.1) is 0 Å². The molecule has 112 valence electrons. The van der Waals surface area contributed by atoms with E-state index in [9.17, 15) is 18.8 Å². The average Bonchev–Trinajstić information content (AvgIpc) is 2.73. The number of amides is 1. The zero-order valence-corrected chi connectivity index (χ0v) is 11.6. The summed E-state index contributed by atoms with van der Waals surface area (Å²) in [7, 11) is 1.21. The number of rotatable bonds is 3. The molecule has 0 spiro atoms. The molecule has 0 unspecified atom stereocenters. The minimum atomic E-state index is -0.927. The number of hydrogen-bond donors (Lipinski definition) is 0. The highest BCUT2D eigenvalue weighted by atomic mass is 19.1. The minimum Gasteiger partial charge on any atom is -0.307 e. The molecule has 7 nitrogen and oxygen atoms in total. The normalized spacial score (nSPS) is 10.6. The first-order valence-electron chi connectivity index (χ1n) is 6.32. The molecule has 0 aliphatic carbocycles. The summed E-state index contributed by atoms with van der Waals surface area (Å²) in [6.45, 7) is 2.13. The van der Waals surface area contributed by atoms with Crippen LogP contribution >= 0.6 is 0 Å². The van der Waals surface area contributed by atoms with E-state index >= 15 is 0 Å². The van der Waals surface area contributed by atoms with Gasteiger partial charge in [0.15, 0.2) is 0 Å². The van der Waals surface area contributed by atoms with Gasteiger partial charge in [0.1, 0.15) is 5.82 Å². The second kappa shape index (κ2) is 5.78. The zero-order valence-electron chi connectivity index (χ0n) is 11.6. The summed E-state index contributed by atoms with van der Waals surface area (Å²) in [5.41, 5.74) is -0.463. The van der Waals surface area contributed by atoms with Gasteiger partial charge in [-0.15, -0.1) is 0 Å². The highest BCUT2D eigenvalue weighted by molar-refractivity contribution is 5.92. The molecule has 1 heterocycles. The second-order valence-corrected chi connectivity index (χ2v) is 4.40. The smallest absolute Gasteiger partial charge is 0.307 e. The van der Waals surface area contributed by atoms with Crippen molar-refractivity contribution < 1.29 is 13.7 Å². The van der Waals surface area contributed by atoms with E-state index in [1.807, 2.05) is 6.92 Å². The summed E-state index contributed by atoms with van der Waals surface area (Å²) >= 11 is 0. The van der Waals surface area contributed by atoms with Gasteiger partial charge in [-0.1, -0.05) is 11.7 Å². The van der Waals surface area contributed by atoms with E-state index < -0.39 is 23.3 Å². The SMILES string of the molecule is CCCN(C(=O)n1oc(=O)n(C)c1=O)c1ccc(F)cc1. The molecule has 2 rings (SSSR count). The summed E-state index contributed by atoms with van der Waals surface area (Å²) in [6, 6.07) is 4.43. The molecular formula is C13H14FN3O4. The summed E-state index contributed by atoms with van der Waals surface area (Å²) < 4.78 is 18.7. The van der Waals surface area contributed by atoms with Crippen molar-refractivity contribution >= 4 is 11.7 Å². The summed E-state index contributed by atoms with van der Waals surface area (Å²) in [4.78, 5) is 36.6. The van der Waals surface area contributed by atoms with Crippen molar-refractivity contribution in [3.63, 3.8) is 0 Å². The van der Waals surface area contributed by atoms with Crippen LogP contribution in [0.1, 0.15) is 13.3 Å². The van der Waals surface area contributed by atoms with Gasteiger partial charge in [-0.25, -0.2) is 23.3 Å². The monoisotopic (exact) mass is 295 g/mol. The molecule has 2 aromatic rings. The Morgan fingerprint density at radius 1 is 1.29 bits per heavy atom. The molecule has 1 aromatic carbocycles. The van der Waals surface area contributed by atoms with Crippen LogP contribution in [-0.2, 0) is 7.05 Å². The molecule has 0 bridgehead atoms. The molecule has 0 fully saturated rings. The molecule has 8 heteroatoms. The van der Waals surface area contributed by atoms with Gasteiger partial charge in [0.25, 0.3) is 0 Å². The predicted octanol–water partition coefficient (Wildman–Crippen LogP) is 1.16. The van der Waals surface area contributed by atoms with Crippen molar-refractivity contribution in [2.45, 2.75) is 13.3 Å². The number of carbonyl (C=O) groups is 1. The van der Waals surface area contributed by atoms with E-state index in [1.54, 1.807) is 0 Å². The van der Waals surface area contributed by atoms with Crippen LogP contribution < -0.4 is 16.3 Å². The van der Waals surface area contributed by atoms with Gasteiger partial charge in [-0.2, -0.15) is 0 Å². The van der Waals surface area contributed by atoms with Gasteiger partial charge in [-0.3, -0.25) is 4.90 Å². The number of halogens is 1. The third kappa shape index (κ3) is 2.78. The van der Waals surface area contributed by atoms with Crippen LogP contribution in [0, 0.1) is 5.82 Å². The van der Waals surface area contributed by atoms with Crippen molar-refractivity contribution in [2.24, 2.45) is 7.05 Å². The average molecular weight is 295 g/mol. The van der Waals surface area contributed by atoms with Gasteiger partial charge in [0.2, 0.25) is 0 Å². The first-order valence-corrected chi connectivity index (χ1v) is 6.32. The van der Waals surface area contributed by atoms with Gasteiger partial charge >= 0.3 is 17.5 Å². The summed E-state index contributed by atoms with van der Waals surface area (Å²) in [6.07, 6.45) is 0.606. The quantitative estimate of drug-likeness (QED) is 0.851. The Balaban J connectivity index is 2.44. The predicted molar refractivity (Wildman–Crippen MR) is 73.0 cm³/mol. The van der Waals surface area contributed by atoms with Gasteiger partial charge in [-0.05, 0) is 30.7 Å². The third-order valence-corrected chi connectivity index (χ3v) is 2.89. The van der Waals surface area contributed by atoms with E-state index in [4.69, 9.17) is 0 Å². The highest BCUT2D eigenvalue weighted by Crippen LogP contribution is 2.16. The molecule has 0 radical (unpaired) electrons.